The molecule has 1 heterocycles. The van der Waals surface area contributed by atoms with Gasteiger partial charge in [0.05, 0.1) is 10.9 Å². The molecule has 1 aromatic carbocycles. The fourth-order valence-corrected chi connectivity index (χ4v) is 2.11. The van der Waals surface area contributed by atoms with E-state index in [1.807, 2.05) is 0 Å². The zero-order valence-electron chi connectivity index (χ0n) is 11.9. The highest BCUT2D eigenvalue weighted by atomic mass is 16.3. The second kappa shape index (κ2) is 5.45. The lowest BCUT2D eigenvalue weighted by Crippen LogP contribution is -2.50. The quantitative estimate of drug-likeness (QED) is 0.868. The number of aliphatic hydroxyl groups is 1. The second-order valence-electron chi connectivity index (χ2n) is 4.63. The summed E-state index contributed by atoms with van der Waals surface area (Å²) < 4.78 is 0.831. The number of amides is 2. The minimum Gasteiger partial charge on any atom is -0.385 e. The van der Waals surface area contributed by atoms with Crippen LogP contribution in [0, 0.1) is 0 Å². The average molecular weight is 289 g/mol. The van der Waals surface area contributed by atoms with E-state index >= 15 is 0 Å². The van der Waals surface area contributed by atoms with Crippen LogP contribution in [0.1, 0.15) is 32.7 Å². The van der Waals surface area contributed by atoms with Crippen LogP contribution in [0.15, 0.2) is 29.1 Å². The molecule has 7 heteroatoms. The Bertz CT molecular complexity index is 765. The number of aliphatic hydroxyl groups excluding tert-OH is 1. The lowest BCUT2D eigenvalue weighted by atomic mass is 10.2. The van der Waals surface area contributed by atoms with Gasteiger partial charge in [0.25, 0.3) is 5.56 Å². The highest BCUT2D eigenvalue weighted by molar-refractivity contribution is 6.06. The van der Waals surface area contributed by atoms with Crippen LogP contribution in [0.25, 0.3) is 10.9 Å². The summed E-state index contributed by atoms with van der Waals surface area (Å²) in [6, 6.07) is 6.53. The maximum Gasteiger partial charge on any atom is 0.281 e. The molecule has 1 N–H and O–H groups in total. The van der Waals surface area contributed by atoms with Gasteiger partial charge >= 0.3 is 0 Å². The summed E-state index contributed by atoms with van der Waals surface area (Å²) in [6.45, 7) is 3.73. The number of hydrogen-bond donors (Lipinski definition) is 1. The van der Waals surface area contributed by atoms with Gasteiger partial charge in [-0.2, -0.15) is 9.69 Å². The summed E-state index contributed by atoms with van der Waals surface area (Å²) in [4.78, 5) is 40.1. The van der Waals surface area contributed by atoms with Crippen molar-refractivity contribution in [2.45, 2.75) is 26.9 Å². The Hall–Kier alpha value is -2.54. The third-order valence-electron chi connectivity index (χ3n) is 2.95. The van der Waals surface area contributed by atoms with Gasteiger partial charge in [0.15, 0.2) is 5.82 Å². The monoisotopic (exact) mass is 289 g/mol. The zero-order valence-corrected chi connectivity index (χ0v) is 11.9. The summed E-state index contributed by atoms with van der Waals surface area (Å²) >= 11 is 0. The van der Waals surface area contributed by atoms with Crippen LogP contribution in [-0.2, 0) is 9.59 Å². The molecule has 0 aliphatic heterocycles. The Morgan fingerprint density at radius 1 is 1.24 bits per heavy atom. The summed E-state index contributed by atoms with van der Waals surface area (Å²) in [5.41, 5.74) is -0.191. The molecule has 0 spiro atoms. The minimum absolute atomic E-state index is 0.0656. The molecule has 2 amide bonds. The van der Waals surface area contributed by atoms with E-state index in [1.165, 1.54) is 6.92 Å². The van der Waals surface area contributed by atoms with Gasteiger partial charge < -0.3 is 5.11 Å². The smallest absolute Gasteiger partial charge is 0.281 e. The van der Waals surface area contributed by atoms with Crippen LogP contribution in [0.5, 0.6) is 0 Å². The Morgan fingerprint density at radius 3 is 2.33 bits per heavy atom. The van der Waals surface area contributed by atoms with Crippen molar-refractivity contribution in [2.75, 3.05) is 5.01 Å². The molecule has 0 saturated carbocycles. The fourth-order valence-electron chi connectivity index (χ4n) is 2.11. The molecule has 0 fully saturated rings. The standard InChI is InChI=1S/C14H15N3O4/c1-8(18)13-15-12-7-5-4-6-11(12)14(21)17(13)16(9(2)19)10(3)20/h4-8,18H,1-3H3/t8-/m1/s1. The number of para-hydroxylation sites is 1. The lowest BCUT2D eigenvalue weighted by Gasteiger charge is -2.23. The van der Waals surface area contributed by atoms with Crippen LogP contribution in [0.4, 0.5) is 0 Å². The van der Waals surface area contributed by atoms with Crippen molar-refractivity contribution in [1.29, 1.82) is 0 Å². The largest absolute Gasteiger partial charge is 0.385 e. The molecule has 1 aromatic heterocycles. The molecule has 1 atom stereocenters. The van der Waals surface area contributed by atoms with Crippen molar-refractivity contribution in [3.8, 4) is 0 Å². The molecular weight excluding hydrogens is 274 g/mol. The molecule has 110 valence electrons. The van der Waals surface area contributed by atoms with Gasteiger partial charge in [-0.15, -0.1) is 0 Å². The van der Waals surface area contributed by atoms with Crippen LogP contribution in [0.2, 0.25) is 0 Å². The minimum atomic E-state index is -1.12. The van der Waals surface area contributed by atoms with Gasteiger partial charge in [0.2, 0.25) is 11.8 Å². The fraction of sp³-hybridized carbons (Fsp3) is 0.286. The number of rotatable bonds is 2. The molecule has 0 bridgehead atoms. The molecule has 0 aliphatic rings. The number of carbonyl (C=O) groups is 2. The molecule has 0 saturated heterocycles. The van der Waals surface area contributed by atoms with Crippen molar-refractivity contribution < 1.29 is 14.7 Å². The van der Waals surface area contributed by atoms with Crippen LogP contribution < -0.4 is 10.6 Å². The van der Waals surface area contributed by atoms with Crippen molar-refractivity contribution in [3.05, 3.63) is 40.4 Å². The Kier molecular flexibility index (Phi) is 3.86. The number of aromatic nitrogens is 2. The highest BCUT2D eigenvalue weighted by Gasteiger charge is 2.24. The predicted molar refractivity (Wildman–Crippen MR) is 76.2 cm³/mol. The Balaban J connectivity index is 2.91. The topological polar surface area (TPSA) is 92.5 Å². The third kappa shape index (κ3) is 2.55. The van der Waals surface area contributed by atoms with E-state index in [9.17, 15) is 19.5 Å². The van der Waals surface area contributed by atoms with E-state index in [0.29, 0.717) is 10.5 Å². The van der Waals surface area contributed by atoms with Crippen molar-refractivity contribution >= 4 is 22.7 Å². The van der Waals surface area contributed by atoms with E-state index in [4.69, 9.17) is 0 Å². The van der Waals surface area contributed by atoms with Crippen molar-refractivity contribution in [3.63, 3.8) is 0 Å². The first-order valence-electron chi connectivity index (χ1n) is 6.36. The normalized spacial score (nSPS) is 12.2. The van der Waals surface area contributed by atoms with Crippen LogP contribution >= 0.6 is 0 Å². The predicted octanol–water partition coefficient (Wildman–Crippen LogP) is 0.481. The summed E-state index contributed by atoms with van der Waals surface area (Å²) in [5.74, 6) is -1.34. The van der Waals surface area contributed by atoms with E-state index in [-0.39, 0.29) is 11.2 Å². The number of fused-ring (bicyclic) bond motifs is 1. The summed E-state index contributed by atoms with van der Waals surface area (Å²) in [7, 11) is 0. The van der Waals surface area contributed by atoms with Crippen LogP contribution in [0.3, 0.4) is 0 Å². The maximum absolute atomic E-state index is 12.6. The van der Waals surface area contributed by atoms with Gasteiger partial charge in [-0.25, -0.2) is 4.98 Å². The zero-order chi connectivity index (χ0) is 15.7. The Morgan fingerprint density at radius 2 is 1.81 bits per heavy atom. The molecule has 0 unspecified atom stereocenters. The summed E-state index contributed by atoms with van der Waals surface area (Å²) in [6.07, 6.45) is -1.12. The van der Waals surface area contributed by atoms with Crippen LogP contribution in [-0.4, -0.2) is 26.6 Å². The molecule has 0 aliphatic carbocycles. The number of carbonyl (C=O) groups excluding carboxylic acids is 2. The molecular formula is C14H15N3O4. The number of nitrogens with zero attached hydrogens (tertiary/aromatic N) is 3. The molecule has 2 aromatic rings. The highest BCUT2D eigenvalue weighted by Crippen LogP contribution is 2.14. The average Bonchev–Trinajstić information content (AvgIpc) is 2.40. The van der Waals surface area contributed by atoms with E-state index < -0.39 is 23.5 Å². The number of imide groups is 1. The lowest BCUT2D eigenvalue weighted by molar-refractivity contribution is -0.126. The van der Waals surface area contributed by atoms with Gasteiger partial charge in [0, 0.05) is 13.8 Å². The SMILES string of the molecule is CC(=O)N(C(C)=O)n1c([C@@H](C)O)nc2ccccc2c1=O. The Labute approximate surface area is 120 Å². The second-order valence-corrected chi connectivity index (χ2v) is 4.63. The van der Waals surface area contributed by atoms with Gasteiger partial charge in [-0.05, 0) is 19.1 Å². The number of hydrogen-bond acceptors (Lipinski definition) is 5. The van der Waals surface area contributed by atoms with Gasteiger partial charge in [-0.3, -0.25) is 14.4 Å². The van der Waals surface area contributed by atoms with Crippen molar-refractivity contribution in [1.82, 2.24) is 9.66 Å². The van der Waals surface area contributed by atoms with Gasteiger partial charge in [0.1, 0.15) is 6.10 Å². The summed E-state index contributed by atoms with van der Waals surface area (Å²) in [5, 5.41) is 10.8. The maximum atomic E-state index is 12.6. The van der Waals surface area contributed by atoms with E-state index in [0.717, 1.165) is 18.5 Å². The molecule has 2 rings (SSSR count). The van der Waals surface area contributed by atoms with Crippen molar-refractivity contribution in [2.24, 2.45) is 0 Å². The molecule has 7 nitrogen and oxygen atoms in total. The first-order valence-corrected chi connectivity index (χ1v) is 6.36. The molecule has 21 heavy (non-hydrogen) atoms. The molecule has 0 radical (unpaired) electrons. The van der Waals surface area contributed by atoms with E-state index in [2.05, 4.69) is 4.98 Å². The third-order valence-corrected chi connectivity index (χ3v) is 2.95. The first-order chi connectivity index (χ1) is 9.84. The van der Waals surface area contributed by atoms with E-state index in [1.54, 1.807) is 24.3 Å². The number of benzene rings is 1. The van der Waals surface area contributed by atoms with Gasteiger partial charge in [-0.1, -0.05) is 12.1 Å². The first kappa shape index (κ1) is 14.9.